The Morgan fingerprint density at radius 2 is 1.67 bits per heavy atom. The molecule has 4 N–H and O–H groups in total. The molecular weight excluding hydrogens is 496 g/mol. The normalized spacial score (nSPS) is 16.0. The van der Waals surface area contributed by atoms with Crippen LogP contribution in [0, 0.1) is 0 Å². The van der Waals surface area contributed by atoms with Crippen molar-refractivity contribution < 1.29 is 52.8 Å². The summed E-state index contributed by atoms with van der Waals surface area (Å²) in [5.41, 5.74) is 1.66. The van der Waals surface area contributed by atoms with Crippen molar-refractivity contribution in [1.82, 2.24) is 15.5 Å². The molecule has 0 aromatic heterocycles. The number of alkyl carbamates (subject to hydrolysis) is 1. The summed E-state index contributed by atoms with van der Waals surface area (Å²) in [4.78, 5) is 40.9. The van der Waals surface area contributed by atoms with Crippen molar-refractivity contribution in [2.75, 3.05) is 20.3 Å². The zero-order valence-electron chi connectivity index (χ0n) is 22.6. The first-order valence-corrected chi connectivity index (χ1v) is 12.9. The zero-order chi connectivity index (χ0) is 27.3. The predicted molar refractivity (Wildman–Crippen MR) is 142 cm³/mol. The van der Waals surface area contributed by atoms with E-state index in [0.29, 0.717) is 38.8 Å². The molecule has 0 bridgehead atoms. The van der Waals surface area contributed by atoms with Crippen molar-refractivity contribution in [3.05, 3.63) is 71.8 Å². The van der Waals surface area contributed by atoms with Gasteiger partial charge >= 0.3 is 32.1 Å². The Balaban J connectivity index is 0.00000533. The third-order valence-electron chi connectivity index (χ3n) is 6.48. The fourth-order valence-corrected chi connectivity index (χ4v) is 4.48. The molecule has 10 nitrogen and oxygen atoms in total. The summed E-state index contributed by atoms with van der Waals surface area (Å²) in [6.07, 6.45) is 1.37. The van der Waals surface area contributed by atoms with Crippen molar-refractivity contribution >= 4 is 25.0 Å². The number of nitrogens with zero attached hydrogens (tertiary/aromatic N) is 1. The van der Waals surface area contributed by atoms with E-state index in [-0.39, 0.29) is 31.9 Å². The molecule has 39 heavy (non-hydrogen) atoms. The Kier molecular flexibility index (Phi) is 14.1. The molecule has 0 saturated carbocycles. The topological polar surface area (TPSA) is 137 Å². The Hall–Kier alpha value is -2.81. The molecule has 0 spiro atoms. The van der Waals surface area contributed by atoms with Gasteiger partial charge in [0.2, 0.25) is 11.8 Å². The Morgan fingerprint density at radius 3 is 2.28 bits per heavy atom. The number of benzene rings is 2. The summed E-state index contributed by atoms with van der Waals surface area (Å²) >= 11 is 0. The Bertz CT molecular complexity index is 1030. The Morgan fingerprint density at radius 1 is 1.03 bits per heavy atom. The molecule has 0 unspecified atom stereocenters. The first-order valence-electron chi connectivity index (χ1n) is 12.9. The van der Waals surface area contributed by atoms with Crippen molar-refractivity contribution in [1.29, 1.82) is 0 Å². The summed E-state index contributed by atoms with van der Waals surface area (Å²) in [7, 11) is -0.198. The van der Waals surface area contributed by atoms with E-state index in [1.165, 1.54) is 4.90 Å². The molecule has 1 aliphatic heterocycles. The van der Waals surface area contributed by atoms with Gasteiger partial charge in [-0.15, -0.1) is 0 Å². The van der Waals surface area contributed by atoms with Crippen molar-refractivity contribution in [2.45, 2.75) is 56.7 Å². The second kappa shape index (κ2) is 17.0. The number of likely N-dealkylation sites (tertiary alicyclic amines) is 1. The number of carbonyl (C=O) groups excluding carboxylic acids is 3. The van der Waals surface area contributed by atoms with Crippen LogP contribution in [0.3, 0.4) is 0 Å². The maximum Gasteiger partial charge on any atom is 1.00 e. The van der Waals surface area contributed by atoms with Crippen molar-refractivity contribution in [3.8, 4) is 0 Å². The summed E-state index contributed by atoms with van der Waals surface area (Å²) in [6.45, 7) is 0.820. The molecular formula is C27H36BLiN3O7+. The van der Waals surface area contributed by atoms with Gasteiger partial charge in [-0.1, -0.05) is 60.7 Å². The van der Waals surface area contributed by atoms with Crippen molar-refractivity contribution in [3.63, 3.8) is 0 Å². The van der Waals surface area contributed by atoms with Gasteiger partial charge in [0, 0.05) is 26.7 Å². The number of hydrogen-bond donors (Lipinski definition) is 4. The fourth-order valence-electron chi connectivity index (χ4n) is 4.48. The van der Waals surface area contributed by atoms with Crippen LogP contribution in [0.5, 0.6) is 0 Å². The predicted octanol–water partition coefficient (Wildman–Crippen LogP) is -1.56. The van der Waals surface area contributed by atoms with E-state index in [1.807, 2.05) is 60.7 Å². The minimum absolute atomic E-state index is 0. The largest absolute Gasteiger partial charge is 1.00 e. The van der Waals surface area contributed by atoms with Gasteiger partial charge < -0.3 is 35.1 Å². The second-order valence-corrected chi connectivity index (χ2v) is 9.30. The molecule has 2 aromatic carbocycles. The quantitative estimate of drug-likeness (QED) is 0.181. The third-order valence-corrected chi connectivity index (χ3v) is 6.48. The van der Waals surface area contributed by atoms with Gasteiger partial charge in [0.1, 0.15) is 18.7 Å². The summed E-state index contributed by atoms with van der Waals surface area (Å²) in [5, 5.41) is 24.8. The fraction of sp³-hybridized carbons (Fsp3) is 0.444. The average Bonchev–Trinajstić information content (AvgIpc) is 3.42. The molecule has 1 saturated heterocycles. The standard InChI is InChI=1S/C27H36BN3O7.Li/c1-37-17-9-15-24(28(35)36)30-25(32)23-14-8-16-31(23)26(33)22(18-20-10-4-2-5-11-20)29-27(34)38-19-21-12-6-3-7-13-21;/h2-7,10-13,22-24,35-36H,8-9,14-19H2,1H3,(H,29,34)(H,30,32);/q;+1/t22-,23+,24-;/m1./s1. The molecule has 0 radical (unpaired) electrons. The maximum absolute atomic E-state index is 13.7. The number of hydrogen-bond acceptors (Lipinski definition) is 7. The Labute approximate surface area is 241 Å². The van der Waals surface area contributed by atoms with E-state index < -0.39 is 43.1 Å². The minimum Gasteiger partial charge on any atom is -0.445 e. The number of methoxy groups -OCH3 is 1. The van der Waals surface area contributed by atoms with Gasteiger partial charge in [0.25, 0.3) is 0 Å². The van der Waals surface area contributed by atoms with Gasteiger partial charge in [0.15, 0.2) is 0 Å². The monoisotopic (exact) mass is 532 g/mol. The van der Waals surface area contributed by atoms with E-state index in [0.717, 1.165) is 11.1 Å². The van der Waals surface area contributed by atoms with Gasteiger partial charge in [-0.25, -0.2) is 4.79 Å². The number of nitrogens with one attached hydrogen (secondary N) is 2. The molecule has 0 aliphatic carbocycles. The van der Waals surface area contributed by atoms with Gasteiger partial charge in [-0.3, -0.25) is 9.59 Å². The molecule has 1 aliphatic rings. The third kappa shape index (κ3) is 10.4. The van der Waals surface area contributed by atoms with Crippen LogP contribution in [0.25, 0.3) is 0 Å². The molecule has 204 valence electrons. The van der Waals surface area contributed by atoms with Gasteiger partial charge in [-0.05, 0) is 36.8 Å². The molecule has 2 aromatic rings. The van der Waals surface area contributed by atoms with E-state index in [1.54, 1.807) is 7.11 Å². The van der Waals surface area contributed by atoms with Crippen LogP contribution in [0.2, 0.25) is 0 Å². The zero-order valence-corrected chi connectivity index (χ0v) is 22.6. The van der Waals surface area contributed by atoms with Gasteiger partial charge in [0.05, 0.1) is 5.94 Å². The first kappa shape index (κ1) is 32.4. The van der Waals surface area contributed by atoms with Crippen LogP contribution in [0.4, 0.5) is 4.79 Å². The molecule has 3 rings (SSSR count). The van der Waals surface area contributed by atoms with Crippen LogP contribution in [0.15, 0.2) is 60.7 Å². The van der Waals surface area contributed by atoms with Crippen LogP contribution in [0.1, 0.15) is 36.8 Å². The second-order valence-electron chi connectivity index (χ2n) is 9.30. The van der Waals surface area contributed by atoms with E-state index >= 15 is 0 Å². The van der Waals surface area contributed by atoms with E-state index in [4.69, 9.17) is 9.47 Å². The van der Waals surface area contributed by atoms with Crippen LogP contribution >= 0.6 is 0 Å². The number of amides is 3. The summed E-state index contributed by atoms with van der Waals surface area (Å²) < 4.78 is 10.3. The number of ether oxygens (including phenoxy) is 2. The van der Waals surface area contributed by atoms with E-state index in [2.05, 4.69) is 10.6 Å². The maximum atomic E-state index is 13.7. The molecule has 1 heterocycles. The van der Waals surface area contributed by atoms with Crippen LogP contribution in [-0.4, -0.2) is 78.3 Å². The SMILES string of the molecule is COCCC[C@@H](NC(=O)[C@@H]1CCCN1C(=O)[C@@H](Cc1ccccc1)NC(=O)OCc1ccccc1)B(O)O.[Li+]. The van der Waals surface area contributed by atoms with Gasteiger partial charge in [-0.2, -0.15) is 0 Å². The number of carbonyl (C=O) groups is 3. The molecule has 1 fully saturated rings. The minimum atomic E-state index is -1.74. The van der Waals surface area contributed by atoms with Crippen molar-refractivity contribution in [2.24, 2.45) is 0 Å². The summed E-state index contributed by atoms with van der Waals surface area (Å²) in [5.74, 6) is -1.75. The van der Waals surface area contributed by atoms with E-state index in [9.17, 15) is 24.4 Å². The van der Waals surface area contributed by atoms with Crippen LogP contribution in [-0.2, 0) is 32.1 Å². The number of rotatable bonds is 13. The first-order chi connectivity index (χ1) is 18.4. The van der Waals surface area contributed by atoms with Crippen LogP contribution < -0.4 is 29.5 Å². The molecule has 3 amide bonds. The summed E-state index contributed by atoms with van der Waals surface area (Å²) in [6, 6.07) is 16.8. The molecule has 3 atom stereocenters. The average molecular weight is 532 g/mol. The smallest absolute Gasteiger partial charge is 0.445 e. The molecule has 12 heteroatoms.